The number of ether oxygens (including phenoxy) is 2. The summed E-state index contributed by atoms with van der Waals surface area (Å²) in [6, 6.07) is 0.480. The largest absolute Gasteiger partial charge is 0.381 e. The molecule has 0 aliphatic carbocycles. The van der Waals surface area contributed by atoms with E-state index in [0.29, 0.717) is 45.2 Å². The SMILES string of the molecule is CC.CC(=O)CC(C)COCC(C)(C)CNC(=O)CC(C)OCCC(C)(C)N(C)C(C)C. The van der Waals surface area contributed by atoms with Gasteiger partial charge in [-0.05, 0) is 60.9 Å². The fourth-order valence-corrected chi connectivity index (χ4v) is 3.25. The van der Waals surface area contributed by atoms with Crippen molar-refractivity contribution in [3.05, 3.63) is 0 Å². The summed E-state index contributed by atoms with van der Waals surface area (Å²) in [7, 11) is 2.14. The van der Waals surface area contributed by atoms with Crippen molar-refractivity contribution in [2.75, 3.05) is 33.4 Å². The van der Waals surface area contributed by atoms with Gasteiger partial charge in [0, 0.05) is 43.2 Å². The minimum Gasteiger partial charge on any atom is -0.381 e. The topological polar surface area (TPSA) is 67.9 Å². The Hall–Kier alpha value is -0.980. The van der Waals surface area contributed by atoms with Crippen molar-refractivity contribution >= 4 is 11.7 Å². The molecule has 0 aliphatic rings. The molecule has 0 saturated heterocycles. The highest BCUT2D eigenvalue weighted by Gasteiger charge is 2.26. The van der Waals surface area contributed by atoms with Crippen LogP contribution in [0.15, 0.2) is 0 Å². The van der Waals surface area contributed by atoms with Crippen LogP contribution in [0.2, 0.25) is 0 Å². The molecule has 192 valence electrons. The molecule has 0 aromatic rings. The first-order chi connectivity index (χ1) is 14.7. The Morgan fingerprint density at radius 3 is 2.06 bits per heavy atom. The molecule has 0 saturated carbocycles. The Balaban J connectivity index is 0. The minimum absolute atomic E-state index is 0.000851. The summed E-state index contributed by atoms with van der Waals surface area (Å²) < 4.78 is 11.7. The van der Waals surface area contributed by atoms with E-state index >= 15 is 0 Å². The summed E-state index contributed by atoms with van der Waals surface area (Å²) in [4.78, 5) is 25.8. The maximum absolute atomic E-state index is 12.3. The lowest BCUT2D eigenvalue weighted by Gasteiger charge is -2.38. The zero-order valence-corrected chi connectivity index (χ0v) is 23.3. The maximum Gasteiger partial charge on any atom is 0.222 e. The molecule has 0 heterocycles. The predicted octanol–water partition coefficient (Wildman–Crippen LogP) is 5.09. The van der Waals surface area contributed by atoms with Gasteiger partial charge in [-0.3, -0.25) is 9.69 Å². The smallest absolute Gasteiger partial charge is 0.222 e. The van der Waals surface area contributed by atoms with Gasteiger partial charge in [-0.15, -0.1) is 0 Å². The van der Waals surface area contributed by atoms with Crippen LogP contribution < -0.4 is 5.32 Å². The van der Waals surface area contributed by atoms with Crippen molar-refractivity contribution in [3.63, 3.8) is 0 Å². The molecular weight excluding hydrogens is 404 g/mol. The average Bonchev–Trinajstić information content (AvgIpc) is 2.66. The van der Waals surface area contributed by atoms with Gasteiger partial charge in [0.1, 0.15) is 5.78 Å². The number of hydrogen-bond acceptors (Lipinski definition) is 5. The van der Waals surface area contributed by atoms with Crippen LogP contribution in [0, 0.1) is 11.3 Å². The van der Waals surface area contributed by atoms with Gasteiger partial charge in [0.25, 0.3) is 0 Å². The molecule has 0 radical (unpaired) electrons. The Bertz CT molecular complexity index is 518. The van der Waals surface area contributed by atoms with Gasteiger partial charge in [-0.2, -0.15) is 0 Å². The molecule has 1 N–H and O–H groups in total. The average molecular weight is 459 g/mol. The van der Waals surface area contributed by atoms with Crippen LogP contribution in [-0.4, -0.2) is 67.7 Å². The number of Topliss-reactive ketones (excluding diaryl/α,β-unsaturated/α-hetero) is 1. The highest BCUT2D eigenvalue weighted by atomic mass is 16.5. The second kappa shape index (κ2) is 16.6. The third kappa shape index (κ3) is 16.6. The molecule has 0 aliphatic heterocycles. The molecule has 1 amide bonds. The lowest BCUT2D eigenvalue weighted by molar-refractivity contribution is -0.124. The molecule has 0 spiro atoms. The number of rotatable bonds is 16. The lowest BCUT2D eigenvalue weighted by atomic mass is 9.94. The fraction of sp³-hybridized carbons (Fsp3) is 0.923. The molecule has 6 nitrogen and oxygen atoms in total. The third-order valence-electron chi connectivity index (χ3n) is 5.61. The summed E-state index contributed by atoms with van der Waals surface area (Å²) in [5.74, 6) is 0.403. The first kappa shape index (κ1) is 33.2. The molecule has 0 aromatic carbocycles. The maximum atomic E-state index is 12.3. The number of carbonyl (C=O) groups is 2. The zero-order chi connectivity index (χ0) is 25.5. The van der Waals surface area contributed by atoms with Crippen molar-refractivity contribution in [1.29, 1.82) is 0 Å². The van der Waals surface area contributed by atoms with Gasteiger partial charge >= 0.3 is 0 Å². The van der Waals surface area contributed by atoms with E-state index < -0.39 is 0 Å². The third-order valence-corrected chi connectivity index (χ3v) is 5.61. The van der Waals surface area contributed by atoms with Crippen LogP contribution in [-0.2, 0) is 19.1 Å². The molecule has 2 unspecified atom stereocenters. The summed E-state index contributed by atoms with van der Waals surface area (Å²) in [5.41, 5.74) is -0.108. The molecule has 2 atom stereocenters. The van der Waals surface area contributed by atoms with Crippen molar-refractivity contribution in [3.8, 4) is 0 Å². The monoisotopic (exact) mass is 458 g/mol. The van der Waals surface area contributed by atoms with Crippen molar-refractivity contribution in [1.82, 2.24) is 10.2 Å². The van der Waals surface area contributed by atoms with Crippen LogP contribution >= 0.6 is 0 Å². The van der Waals surface area contributed by atoms with Crippen LogP contribution in [0.5, 0.6) is 0 Å². The molecular formula is C26H54N2O4. The predicted molar refractivity (Wildman–Crippen MR) is 135 cm³/mol. The standard InChI is InChI=1S/C24H48N2O4.C2H6/c1-18(2)26(10)24(8,9)11-12-30-21(5)14-22(28)25-16-23(6,7)17-29-15-19(3)13-20(4)27;1-2/h18-19,21H,11-17H2,1-10H3,(H,25,28);1-2H3. The quantitative estimate of drug-likeness (QED) is 0.349. The van der Waals surface area contributed by atoms with Crippen molar-refractivity contribution in [2.45, 2.75) is 113 Å². The number of carbonyl (C=O) groups excluding carboxylic acids is 2. The Labute approximate surface area is 199 Å². The van der Waals surface area contributed by atoms with Crippen LogP contribution in [0.1, 0.15) is 95.4 Å². The number of nitrogens with one attached hydrogen (secondary N) is 1. The van der Waals surface area contributed by atoms with Gasteiger partial charge in [0.15, 0.2) is 0 Å². The van der Waals surface area contributed by atoms with Gasteiger partial charge < -0.3 is 19.6 Å². The number of amides is 1. The van der Waals surface area contributed by atoms with Crippen LogP contribution in [0.25, 0.3) is 0 Å². The Morgan fingerprint density at radius 1 is 1.00 bits per heavy atom. The summed E-state index contributed by atoms with van der Waals surface area (Å²) in [6.45, 7) is 24.8. The highest BCUT2D eigenvalue weighted by molar-refractivity contribution is 5.76. The van der Waals surface area contributed by atoms with E-state index in [2.05, 4.69) is 58.8 Å². The van der Waals surface area contributed by atoms with Gasteiger partial charge in [-0.25, -0.2) is 0 Å². The fourth-order valence-electron chi connectivity index (χ4n) is 3.25. The van der Waals surface area contributed by atoms with E-state index in [1.165, 1.54) is 0 Å². The number of nitrogens with zero attached hydrogens (tertiary/aromatic N) is 1. The summed E-state index contributed by atoms with van der Waals surface area (Å²) >= 11 is 0. The van der Waals surface area contributed by atoms with Crippen LogP contribution in [0.4, 0.5) is 0 Å². The van der Waals surface area contributed by atoms with Gasteiger partial charge in [-0.1, -0.05) is 34.6 Å². The van der Waals surface area contributed by atoms with E-state index in [1.54, 1.807) is 6.92 Å². The molecule has 32 heavy (non-hydrogen) atoms. The Morgan fingerprint density at radius 2 is 1.56 bits per heavy atom. The van der Waals surface area contributed by atoms with E-state index in [4.69, 9.17) is 9.47 Å². The summed E-state index contributed by atoms with van der Waals surface area (Å²) in [6.07, 6.45) is 1.70. The van der Waals surface area contributed by atoms with Crippen LogP contribution in [0.3, 0.4) is 0 Å². The first-order valence-corrected chi connectivity index (χ1v) is 12.3. The number of hydrogen-bond donors (Lipinski definition) is 1. The van der Waals surface area contributed by atoms with Gasteiger partial charge in [0.05, 0.1) is 19.1 Å². The summed E-state index contributed by atoms with van der Waals surface area (Å²) in [5, 5.41) is 3.00. The van der Waals surface area contributed by atoms with Gasteiger partial charge in [0.2, 0.25) is 5.91 Å². The molecule has 0 rings (SSSR count). The second-order valence-corrected chi connectivity index (χ2v) is 10.6. The Kier molecular flexibility index (Phi) is 17.2. The number of ketones is 1. The first-order valence-electron chi connectivity index (χ1n) is 12.3. The van der Waals surface area contributed by atoms with E-state index in [9.17, 15) is 9.59 Å². The van der Waals surface area contributed by atoms with Crippen molar-refractivity contribution < 1.29 is 19.1 Å². The van der Waals surface area contributed by atoms with E-state index in [0.717, 1.165) is 6.42 Å². The highest BCUT2D eigenvalue weighted by Crippen LogP contribution is 2.20. The van der Waals surface area contributed by atoms with E-state index in [1.807, 2.05) is 27.7 Å². The normalized spacial score (nSPS) is 14.1. The van der Waals surface area contributed by atoms with Crippen molar-refractivity contribution in [2.24, 2.45) is 11.3 Å². The molecule has 0 fully saturated rings. The lowest BCUT2D eigenvalue weighted by Crippen LogP contribution is -2.46. The molecule has 0 bridgehead atoms. The zero-order valence-electron chi connectivity index (χ0n) is 23.3. The second-order valence-electron chi connectivity index (χ2n) is 10.6. The minimum atomic E-state index is -0.166. The molecule has 6 heteroatoms. The molecule has 0 aromatic heterocycles. The van der Waals surface area contributed by atoms with E-state index in [-0.39, 0.29) is 34.7 Å².